The van der Waals surface area contributed by atoms with Crippen LogP contribution in [-0.4, -0.2) is 11.1 Å². The number of carboxylic acids is 1. The summed E-state index contributed by atoms with van der Waals surface area (Å²) in [6.45, 7) is 1.89. The van der Waals surface area contributed by atoms with Crippen LogP contribution >= 0.6 is 23.2 Å². The van der Waals surface area contributed by atoms with E-state index in [-0.39, 0.29) is 0 Å². The van der Waals surface area contributed by atoms with Gasteiger partial charge in [0, 0.05) is 11.1 Å². The molecule has 21 heavy (non-hydrogen) atoms. The molecule has 0 amide bonds. The zero-order valence-corrected chi connectivity index (χ0v) is 12.7. The van der Waals surface area contributed by atoms with Crippen molar-refractivity contribution in [2.24, 2.45) is 0 Å². The van der Waals surface area contributed by atoms with Crippen LogP contribution in [0.1, 0.15) is 11.1 Å². The van der Waals surface area contributed by atoms with Gasteiger partial charge in [-0.2, -0.15) is 0 Å². The maximum Gasteiger partial charge on any atom is 0.328 e. The maximum atomic E-state index is 10.5. The van der Waals surface area contributed by atoms with E-state index < -0.39 is 5.97 Å². The molecular formula is C16H12Cl2O3. The zero-order valence-electron chi connectivity index (χ0n) is 11.1. The molecule has 0 unspecified atom stereocenters. The summed E-state index contributed by atoms with van der Waals surface area (Å²) in [6.07, 6.45) is 2.51. The highest BCUT2D eigenvalue weighted by atomic mass is 35.5. The minimum absolute atomic E-state index is 0.398. The summed E-state index contributed by atoms with van der Waals surface area (Å²) in [6, 6.07) is 10.4. The predicted molar refractivity (Wildman–Crippen MR) is 84.4 cm³/mol. The fraction of sp³-hybridized carbons (Fsp3) is 0.0625. The Hall–Kier alpha value is -1.97. The SMILES string of the molecule is Cc1cc(Oc2ccc(/C=C/C(=O)O)cc2Cl)ccc1Cl. The van der Waals surface area contributed by atoms with Crippen molar-refractivity contribution >= 4 is 35.2 Å². The number of hydrogen-bond donors (Lipinski definition) is 1. The molecule has 0 saturated carbocycles. The minimum Gasteiger partial charge on any atom is -0.478 e. The number of rotatable bonds is 4. The quantitative estimate of drug-likeness (QED) is 0.787. The summed E-state index contributed by atoms with van der Waals surface area (Å²) in [5.41, 5.74) is 1.59. The van der Waals surface area contributed by atoms with Gasteiger partial charge < -0.3 is 9.84 Å². The third-order valence-corrected chi connectivity index (χ3v) is 3.45. The van der Waals surface area contributed by atoms with Crippen molar-refractivity contribution in [2.45, 2.75) is 6.92 Å². The van der Waals surface area contributed by atoms with Crippen LogP contribution in [0.4, 0.5) is 0 Å². The van der Waals surface area contributed by atoms with Crippen LogP contribution in [0.15, 0.2) is 42.5 Å². The van der Waals surface area contributed by atoms with E-state index in [0.29, 0.717) is 27.1 Å². The lowest BCUT2D eigenvalue weighted by atomic mass is 10.2. The van der Waals surface area contributed by atoms with Gasteiger partial charge in [-0.25, -0.2) is 4.79 Å². The monoisotopic (exact) mass is 322 g/mol. The molecule has 5 heteroatoms. The van der Waals surface area contributed by atoms with Crippen LogP contribution in [0.5, 0.6) is 11.5 Å². The topological polar surface area (TPSA) is 46.5 Å². The van der Waals surface area contributed by atoms with E-state index in [2.05, 4.69) is 0 Å². The van der Waals surface area contributed by atoms with E-state index in [1.807, 2.05) is 13.0 Å². The van der Waals surface area contributed by atoms with Crippen molar-refractivity contribution in [3.05, 3.63) is 63.6 Å². The molecule has 3 nitrogen and oxygen atoms in total. The third-order valence-electron chi connectivity index (χ3n) is 2.73. The first-order valence-electron chi connectivity index (χ1n) is 6.10. The second-order valence-electron chi connectivity index (χ2n) is 4.37. The van der Waals surface area contributed by atoms with Crippen molar-refractivity contribution in [3.63, 3.8) is 0 Å². The second kappa shape index (κ2) is 6.66. The highest BCUT2D eigenvalue weighted by Crippen LogP contribution is 2.32. The molecule has 2 aromatic rings. The van der Waals surface area contributed by atoms with Gasteiger partial charge >= 0.3 is 5.97 Å². The van der Waals surface area contributed by atoms with Gasteiger partial charge in [0.1, 0.15) is 11.5 Å². The summed E-state index contributed by atoms with van der Waals surface area (Å²) in [7, 11) is 0. The van der Waals surface area contributed by atoms with Crippen LogP contribution in [0.3, 0.4) is 0 Å². The van der Waals surface area contributed by atoms with Crippen molar-refractivity contribution in [3.8, 4) is 11.5 Å². The fourth-order valence-electron chi connectivity index (χ4n) is 1.68. The maximum absolute atomic E-state index is 10.5. The fourth-order valence-corrected chi connectivity index (χ4v) is 2.02. The summed E-state index contributed by atoms with van der Waals surface area (Å²) in [5, 5.41) is 9.65. The molecule has 0 spiro atoms. The Morgan fingerprint density at radius 3 is 2.52 bits per heavy atom. The van der Waals surface area contributed by atoms with E-state index in [9.17, 15) is 4.79 Å². The third kappa shape index (κ3) is 4.25. The smallest absolute Gasteiger partial charge is 0.328 e. The van der Waals surface area contributed by atoms with Crippen molar-refractivity contribution < 1.29 is 14.6 Å². The summed E-state index contributed by atoms with van der Waals surface area (Å²) in [5.74, 6) is 0.113. The number of hydrogen-bond acceptors (Lipinski definition) is 2. The average Bonchev–Trinajstić information content (AvgIpc) is 2.43. The normalized spacial score (nSPS) is 10.8. The van der Waals surface area contributed by atoms with Gasteiger partial charge in [-0.1, -0.05) is 29.3 Å². The molecule has 2 rings (SSSR count). The van der Waals surface area contributed by atoms with E-state index in [1.165, 1.54) is 6.08 Å². The summed E-state index contributed by atoms with van der Waals surface area (Å²) >= 11 is 12.1. The molecule has 0 heterocycles. The number of carbonyl (C=O) groups is 1. The largest absolute Gasteiger partial charge is 0.478 e. The van der Waals surface area contributed by atoms with Gasteiger partial charge in [0.25, 0.3) is 0 Å². The Balaban J connectivity index is 2.21. The Morgan fingerprint density at radius 2 is 1.90 bits per heavy atom. The number of carboxylic acid groups (broad SMARTS) is 1. The zero-order chi connectivity index (χ0) is 15.4. The van der Waals surface area contributed by atoms with E-state index in [0.717, 1.165) is 11.6 Å². The highest BCUT2D eigenvalue weighted by Gasteiger charge is 2.05. The van der Waals surface area contributed by atoms with Gasteiger partial charge in [-0.15, -0.1) is 0 Å². The van der Waals surface area contributed by atoms with Gasteiger partial charge in [-0.3, -0.25) is 0 Å². The number of benzene rings is 2. The number of aliphatic carboxylic acids is 1. The van der Waals surface area contributed by atoms with Crippen molar-refractivity contribution in [1.29, 1.82) is 0 Å². The molecule has 0 aliphatic carbocycles. The molecule has 0 aliphatic rings. The first kappa shape index (κ1) is 15.4. The van der Waals surface area contributed by atoms with Crippen LogP contribution in [0.25, 0.3) is 6.08 Å². The first-order chi connectivity index (χ1) is 9.95. The van der Waals surface area contributed by atoms with E-state index in [4.69, 9.17) is 33.0 Å². The molecule has 0 aliphatic heterocycles. The molecule has 0 aromatic heterocycles. The predicted octanol–water partition coefficient (Wildman–Crippen LogP) is 5.19. The van der Waals surface area contributed by atoms with E-state index in [1.54, 1.807) is 30.3 Å². The lowest BCUT2D eigenvalue weighted by Crippen LogP contribution is -1.88. The summed E-state index contributed by atoms with van der Waals surface area (Å²) in [4.78, 5) is 10.5. The lowest BCUT2D eigenvalue weighted by molar-refractivity contribution is -0.131. The van der Waals surface area contributed by atoms with Crippen molar-refractivity contribution in [2.75, 3.05) is 0 Å². The Labute approximate surface area is 132 Å². The molecule has 0 radical (unpaired) electrons. The lowest BCUT2D eigenvalue weighted by Gasteiger charge is -2.09. The molecular weight excluding hydrogens is 311 g/mol. The highest BCUT2D eigenvalue weighted by molar-refractivity contribution is 6.32. The van der Waals surface area contributed by atoms with Crippen LogP contribution in [0, 0.1) is 6.92 Å². The van der Waals surface area contributed by atoms with Crippen molar-refractivity contribution in [1.82, 2.24) is 0 Å². The van der Waals surface area contributed by atoms with Crippen LogP contribution in [-0.2, 0) is 4.79 Å². The minimum atomic E-state index is -1.01. The molecule has 0 bridgehead atoms. The average molecular weight is 323 g/mol. The second-order valence-corrected chi connectivity index (χ2v) is 5.19. The Kier molecular flexibility index (Phi) is 4.89. The standard InChI is InChI=1S/C16H12Cl2O3/c1-10-8-12(4-5-13(10)17)21-15-6-2-11(9-14(15)18)3-7-16(19)20/h2-9H,1H3,(H,19,20)/b7-3+. The van der Waals surface area contributed by atoms with Gasteiger partial charge in [0.15, 0.2) is 0 Å². The molecule has 0 saturated heterocycles. The van der Waals surface area contributed by atoms with Gasteiger partial charge in [0.2, 0.25) is 0 Å². The van der Waals surface area contributed by atoms with Crippen LogP contribution in [0.2, 0.25) is 10.0 Å². The molecule has 1 N–H and O–H groups in total. The molecule has 108 valence electrons. The van der Waals surface area contributed by atoms with Gasteiger partial charge in [-0.05, 0) is 54.5 Å². The summed E-state index contributed by atoms with van der Waals surface area (Å²) < 4.78 is 5.69. The first-order valence-corrected chi connectivity index (χ1v) is 6.86. The Morgan fingerprint density at radius 1 is 1.14 bits per heavy atom. The molecule has 0 atom stereocenters. The molecule has 0 fully saturated rings. The molecule has 2 aromatic carbocycles. The number of aryl methyl sites for hydroxylation is 1. The number of ether oxygens (including phenoxy) is 1. The van der Waals surface area contributed by atoms with E-state index >= 15 is 0 Å². The Bertz CT molecular complexity index is 709. The number of halogens is 2. The van der Waals surface area contributed by atoms with Gasteiger partial charge in [0.05, 0.1) is 5.02 Å². The van der Waals surface area contributed by atoms with Crippen LogP contribution < -0.4 is 4.74 Å².